The summed E-state index contributed by atoms with van der Waals surface area (Å²) in [4.78, 5) is 13.0. The van der Waals surface area contributed by atoms with Crippen LogP contribution in [0.3, 0.4) is 0 Å². The molecule has 6 atom stereocenters. The van der Waals surface area contributed by atoms with Crippen LogP contribution >= 0.6 is 0 Å². The van der Waals surface area contributed by atoms with E-state index in [2.05, 4.69) is 32.6 Å². The molecule has 0 aromatic heterocycles. The summed E-state index contributed by atoms with van der Waals surface area (Å²) < 4.78 is 0. The molecule has 0 aromatic carbocycles. The average molecular weight is 400 g/mol. The van der Waals surface area contributed by atoms with Gasteiger partial charge in [-0.25, -0.2) is 0 Å². The zero-order valence-electron chi connectivity index (χ0n) is 18.6. The number of carbonyl (C=O) groups is 1. The summed E-state index contributed by atoms with van der Waals surface area (Å²) in [5.41, 5.74) is 0. The highest BCUT2D eigenvalue weighted by atomic mass is 16.4. The Morgan fingerprint density at radius 3 is 2.43 bits per heavy atom. The minimum Gasteiger partial charge on any atom is -0.481 e. The molecule has 0 amide bonds. The quantitative estimate of drug-likeness (QED) is 0.370. The Balaban J connectivity index is 2.58. The fourth-order valence-electron chi connectivity index (χ4n) is 4.64. The Labute approximate surface area is 172 Å². The molecule has 0 bridgehead atoms. The van der Waals surface area contributed by atoms with Crippen LogP contribution in [0.4, 0.5) is 0 Å². The predicted octanol–water partition coefficient (Wildman–Crippen LogP) is 4.65. The summed E-state index contributed by atoms with van der Waals surface area (Å²) >= 11 is 0. The van der Waals surface area contributed by atoms with Gasteiger partial charge in [-0.15, -0.1) is 0 Å². The van der Waals surface area contributed by atoms with Crippen LogP contribution in [-0.4, -0.2) is 51.1 Å². The van der Waals surface area contributed by atoms with E-state index in [0.717, 1.165) is 51.5 Å². The van der Waals surface area contributed by atoms with Gasteiger partial charge in [-0.2, -0.15) is 0 Å². The first-order valence-corrected chi connectivity index (χ1v) is 11.6. The molecule has 5 heteroatoms. The summed E-state index contributed by atoms with van der Waals surface area (Å²) in [6.45, 7) is 9.66. The van der Waals surface area contributed by atoms with E-state index in [1.165, 1.54) is 12.8 Å². The monoisotopic (exact) mass is 399 g/mol. The lowest BCUT2D eigenvalue weighted by atomic mass is 9.84. The van der Waals surface area contributed by atoms with Crippen LogP contribution in [0, 0.1) is 17.8 Å². The first kappa shape index (κ1) is 25.4. The van der Waals surface area contributed by atoms with Gasteiger partial charge in [0.15, 0.2) is 0 Å². The lowest BCUT2D eigenvalue weighted by Gasteiger charge is -2.44. The fourth-order valence-corrected chi connectivity index (χ4v) is 4.64. The van der Waals surface area contributed by atoms with Crippen LogP contribution in [0.25, 0.3) is 0 Å². The third-order valence-electron chi connectivity index (χ3n) is 6.73. The Hall–Kier alpha value is -0.650. The molecule has 1 rings (SSSR count). The minimum absolute atomic E-state index is 0.235. The number of unbranched alkanes of at least 4 members (excludes halogenated alkanes) is 2. The molecule has 28 heavy (non-hydrogen) atoms. The smallest absolute Gasteiger partial charge is 0.303 e. The van der Waals surface area contributed by atoms with Crippen LogP contribution in [-0.2, 0) is 4.79 Å². The molecular weight excluding hydrogens is 354 g/mol. The molecule has 2 unspecified atom stereocenters. The molecule has 1 aliphatic rings. The van der Waals surface area contributed by atoms with Gasteiger partial charge in [-0.1, -0.05) is 47.0 Å². The summed E-state index contributed by atoms with van der Waals surface area (Å²) in [6, 6.07) is 0.318. The maximum Gasteiger partial charge on any atom is 0.303 e. The van der Waals surface area contributed by atoms with E-state index in [1.807, 2.05) is 0 Å². The second-order valence-corrected chi connectivity index (χ2v) is 9.28. The van der Waals surface area contributed by atoms with Gasteiger partial charge in [-0.05, 0) is 62.7 Å². The molecule has 0 radical (unpaired) electrons. The Bertz CT molecular complexity index is 431. The number of hydrogen-bond donors (Lipinski definition) is 3. The molecule has 1 heterocycles. The van der Waals surface area contributed by atoms with Crippen molar-refractivity contribution in [2.24, 2.45) is 17.8 Å². The van der Waals surface area contributed by atoms with Crippen molar-refractivity contribution in [3.63, 3.8) is 0 Å². The van der Waals surface area contributed by atoms with Crippen molar-refractivity contribution in [2.45, 2.75) is 117 Å². The Kier molecular flexibility index (Phi) is 12.3. The lowest BCUT2D eigenvalue weighted by Crippen LogP contribution is -2.52. The van der Waals surface area contributed by atoms with Crippen molar-refractivity contribution in [1.82, 2.24) is 4.90 Å². The number of piperidine rings is 1. The SMILES string of the molecule is CCCCCC(O)C[C@H](C)[C@H]1CCCC(O)N1C[C@@H](C)[C@@H](C)CCCC(=O)O. The standard InChI is InChI=1S/C23H45NO4/c1-5-6-7-11-20(25)15-18(3)21-12-9-13-22(26)24(21)16-19(4)17(2)10-8-14-23(27)28/h17-22,25-26H,5-16H2,1-4H3,(H,27,28)/t17-,18-,19+,20?,21+,22?/m0/s1. The molecule has 166 valence electrons. The van der Waals surface area contributed by atoms with Gasteiger partial charge in [0, 0.05) is 19.0 Å². The largest absolute Gasteiger partial charge is 0.481 e. The van der Waals surface area contributed by atoms with E-state index in [0.29, 0.717) is 30.2 Å². The molecule has 0 spiro atoms. The second kappa shape index (κ2) is 13.6. The molecule has 3 N–H and O–H groups in total. The number of aliphatic hydroxyl groups excluding tert-OH is 2. The van der Waals surface area contributed by atoms with E-state index in [-0.39, 0.29) is 12.5 Å². The molecular formula is C23H45NO4. The maximum atomic E-state index is 10.7. The van der Waals surface area contributed by atoms with Crippen LogP contribution in [0.15, 0.2) is 0 Å². The summed E-state index contributed by atoms with van der Waals surface area (Å²) in [6.07, 6.45) is 9.30. The van der Waals surface area contributed by atoms with Crippen LogP contribution < -0.4 is 0 Å². The van der Waals surface area contributed by atoms with Crippen molar-refractivity contribution < 1.29 is 20.1 Å². The van der Waals surface area contributed by atoms with E-state index in [9.17, 15) is 15.0 Å². The number of carboxylic acid groups (broad SMARTS) is 1. The van der Waals surface area contributed by atoms with E-state index in [4.69, 9.17) is 5.11 Å². The van der Waals surface area contributed by atoms with Gasteiger partial charge in [0.2, 0.25) is 0 Å². The minimum atomic E-state index is -0.724. The number of aliphatic hydroxyl groups is 2. The normalized spacial score (nSPS) is 25.2. The molecule has 0 aromatic rings. The number of hydrogen-bond acceptors (Lipinski definition) is 4. The number of nitrogens with zero attached hydrogens (tertiary/aromatic N) is 1. The molecule has 1 fully saturated rings. The third kappa shape index (κ3) is 9.23. The van der Waals surface area contributed by atoms with E-state index < -0.39 is 12.2 Å². The summed E-state index contributed by atoms with van der Waals surface area (Å²) in [5, 5.41) is 29.9. The van der Waals surface area contributed by atoms with Gasteiger partial charge in [0.25, 0.3) is 0 Å². The molecule has 5 nitrogen and oxygen atoms in total. The molecule has 1 aliphatic heterocycles. The highest BCUT2D eigenvalue weighted by Gasteiger charge is 2.34. The van der Waals surface area contributed by atoms with Crippen molar-refractivity contribution in [1.29, 1.82) is 0 Å². The van der Waals surface area contributed by atoms with Gasteiger partial charge in [0.1, 0.15) is 6.23 Å². The number of carboxylic acids is 1. The van der Waals surface area contributed by atoms with Crippen LogP contribution in [0.5, 0.6) is 0 Å². The van der Waals surface area contributed by atoms with Crippen molar-refractivity contribution in [3.05, 3.63) is 0 Å². The van der Waals surface area contributed by atoms with Crippen molar-refractivity contribution >= 4 is 5.97 Å². The van der Waals surface area contributed by atoms with Crippen molar-refractivity contribution in [3.8, 4) is 0 Å². The Morgan fingerprint density at radius 2 is 1.79 bits per heavy atom. The zero-order valence-corrected chi connectivity index (χ0v) is 18.6. The molecule has 0 aliphatic carbocycles. The first-order chi connectivity index (χ1) is 13.3. The lowest BCUT2D eigenvalue weighted by molar-refractivity contribution is -0.137. The predicted molar refractivity (Wildman–Crippen MR) is 114 cm³/mol. The second-order valence-electron chi connectivity index (χ2n) is 9.28. The topological polar surface area (TPSA) is 81.0 Å². The number of aliphatic carboxylic acids is 1. The number of rotatable bonds is 14. The third-order valence-corrected chi connectivity index (χ3v) is 6.73. The number of likely N-dealkylation sites (tertiary alicyclic amines) is 1. The summed E-state index contributed by atoms with van der Waals surface area (Å²) in [5.74, 6) is 0.480. The fraction of sp³-hybridized carbons (Fsp3) is 0.957. The Morgan fingerprint density at radius 1 is 1.07 bits per heavy atom. The van der Waals surface area contributed by atoms with Crippen molar-refractivity contribution in [2.75, 3.05) is 6.54 Å². The van der Waals surface area contributed by atoms with Crippen LogP contribution in [0.1, 0.15) is 98.3 Å². The van der Waals surface area contributed by atoms with E-state index >= 15 is 0 Å². The van der Waals surface area contributed by atoms with Gasteiger partial charge < -0.3 is 15.3 Å². The maximum absolute atomic E-state index is 10.7. The van der Waals surface area contributed by atoms with Gasteiger partial charge in [0.05, 0.1) is 6.10 Å². The molecule has 1 saturated heterocycles. The molecule has 0 saturated carbocycles. The summed E-state index contributed by atoms with van der Waals surface area (Å²) in [7, 11) is 0. The first-order valence-electron chi connectivity index (χ1n) is 11.6. The highest BCUT2D eigenvalue weighted by Crippen LogP contribution is 2.32. The van der Waals surface area contributed by atoms with Crippen LogP contribution in [0.2, 0.25) is 0 Å². The van der Waals surface area contributed by atoms with E-state index in [1.54, 1.807) is 0 Å². The highest BCUT2D eigenvalue weighted by molar-refractivity contribution is 5.66. The zero-order chi connectivity index (χ0) is 21.1. The van der Waals surface area contributed by atoms with Gasteiger partial charge >= 0.3 is 5.97 Å². The average Bonchev–Trinajstić information content (AvgIpc) is 2.62. The van der Waals surface area contributed by atoms with Gasteiger partial charge in [-0.3, -0.25) is 9.69 Å².